The first-order valence-electron chi connectivity index (χ1n) is 11.2. The summed E-state index contributed by atoms with van der Waals surface area (Å²) in [5.41, 5.74) is 4.22. The lowest BCUT2D eigenvalue weighted by molar-refractivity contribution is -0.132. The summed E-state index contributed by atoms with van der Waals surface area (Å²) in [5, 5.41) is 13.4. The van der Waals surface area contributed by atoms with Crippen molar-refractivity contribution in [1.82, 2.24) is 19.9 Å². The van der Waals surface area contributed by atoms with Gasteiger partial charge in [0, 0.05) is 55.1 Å². The number of likely N-dealkylation sites (tertiary alicyclic amines) is 1. The summed E-state index contributed by atoms with van der Waals surface area (Å²) in [7, 11) is -0.907. The van der Waals surface area contributed by atoms with Crippen LogP contribution in [0.15, 0.2) is 48.8 Å². The number of hydrogen-bond acceptors (Lipinski definition) is 7. The summed E-state index contributed by atoms with van der Waals surface area (Å²) in [6.45, 7) is 4.72. The predicted molar refractivity (Wildman–Crippen MR) is 126 cm³/mol. The summed E-state index contributed by atoms with van der Waals surface area (Å²) in [6.07, 6.45) is 5.35. The molecule has 1 amide bonds. The highest BCUT2D eigenvalue weighted by molar-refractivity contribution is 6.61. The van der Waals surface area contributed by atoms with E-state index in [1.807, 2.05) is 41.3 Å². The third kappa shape index (κ3) is 4.47. The molecule has 33 heavy (non-hydrogen) atoms. The van der Waals surface area contributed by atoms with E-state index in [0.717, 1.165) is 40.8 Å². The van der Waals surface area contributed by atoms with Gasteiger partial charge in [-0.05, 0) is 55.1 Å². The highest BCUT2D eigenvalue weighted by atomic mass is 16.5. The highest BCUT2D eigenvalue weighted by Crippen LogP contribution is 2.31. The van der Waals surface area contributed by atoms with Crippen molar-refractivity contribution in [1.29, 1.82) is 0 Å². The van der Waals surface area contributed by atoms with E-state index in [9.17, 15) is 9.82 Å². The topological polar surface area (TPSA) is 100 Å². The zero-order valence-electron chi connectivity index (χ0n) is 18.7. The van der Waals surface area contributed by atoms with Gasteiger partial charge >= 0.3 is 7.12 Å². The van der Waals surface area contributed by atoms with Gasteiger partial charge in [0.05, 0.1) is 12.3 Å². The quantitative estimate of drug-likeness (QED) is 0.598. The second-order valence-corrected chi connectivity index (χ2v) is 8.73. The molecule has 168 valence electrons. The van der Waals surface area contributed by atoms with Crippen molar-refractivity contribution < 1.29 is 14.5 Å². The molecular weight excluding hydrogens is 417 g/mol. The Morgan fingerprint density at radius 2 is 2.12 bits per heavy atom. The van der Waals surface area contributed by atoms with Crippen molar-refractivity contribution in [3.8, 4) is 11.3 Å². The van der Waals surface area contributed by atoms with Crippen LogP contribution < -0.4 is 10.8 Å². The average molecular weight is 443 g/mol. The second kappa shape index (κ2) is 8.92. The number of carbonyl (C=O) groups is 1. The minimum Gasteiger partial charge on any atom is -0.423 e. The molecule has 1 saturated heterocycles. The average Bonchev–Trinajstić information content (AvgIpc) is 3.19. The van der Waals surface area contributed by atoms with Crippen LogP contribution in [0.25, 0.3) is 11.3 Å². The third-order valence-corrected chi connectivity index (χ3v) is 6.43. The van der Waals surface area contributed by atoms with Crippen molar-refractivity contribution >= 4 is 30.0 Å². The molecule has 0 aliphatic carbocycles. The number of nitrogens with zero attached hydrogens (tertiary/aromatic N) is 4. The Labute approximate surface area is 193 Å². The number of piperidine rings is 1. The van der Waals surface area contributed by atoms with Gasteiger partial charge in [-0.15, -0.1) is 0 Å². The molecule has 1 fully saturated rings. The standard InChI is InChI=1S/C24H26BN5O3/c1-15-5-6-18(13-30(15)16(2)31)24-28-22(17-4-3-9-26-12-17)11-23(29-24)27-20-8-7-19-14-33-25(32)21(19)10-20/h3-4,7-12,15,18,32H,5-6,13-14H2,1-2H3,(H,27,28,29)/t15-,18+/m0/s1. The van der Waals surface area contributed by atoms with E-state index in [4.69, 9.17) is 14.6 Å². The SMILES string of the molecule is CC(=O)N1C[C@H](c2nc(Nc3ccc4c(c3)B(O)OC4)cc(-c3cccnc3)n2)CC[C@@H]1C. The number of hydrogen-bond donors (Lipinski definition) is 2. The van der Waals surface area contributed by atoms with E-state index < -0.39 is 7.12 Å². The number of benzene rings is 1. The maximum Gasteiger partial charge on any atom is 0.491 e. The number of carbonyl (C=O) groups excluding carboxylic acids is 1. The minimum absolute atomic E-state index is 0.0533. The lowest BCUT2D eigenvalue weighted by Crippen LogP contribution is -2.44. The summed E-state index contributed by atoms with van der Waals surface area (Å²) in [5.74, 6) is 1.49. The molecule has 2 atom stereocenters. The molecule has 5 rings (SSSR count). The van der Waals surface area contributed by atoms with E-state index in [1.54, 1.807) is 19.3 Å². The van der Waals surface area contributed by atoms with Crippen molar-refractivity contribution in [2.75, 3.05) is 11.9 Å². The molecule has 0 radical (unpaired) electrons. The fourth-order valence-corrected chi connectivity index (χ4v) is 4.57. The van der Waals surface area contributed by atoms with Crippen LogP contribution in [0.1, 0.15) is 44.0 Å². The summed E-state index contributed by atoms with van der Waals surface area (Å²) >= 11 is 0. The highest BCUT2D eigenvalue weighted by Gasteiger charge is 2.30. The molecule has 0 bridgehead atoms. The molecular formula is C24H26BN5O3. The summed E-state index contributed by atoms with van der Waals surface area (Å²) in [6, 6.07) is 11.8. The van der Waals surface area contributed by atoms with Crippen molar-refractivity contribution in [2.45, 2.75) is 45.3 Å². The lowest BCUT2D eigenvalue weighted by atomic mass is 9.79. The molecule has 0 saturated carbocycles. The van der Waals surface area contributed by atoms with Gasteiger partial charge in [-0.25, -0.2) is 9.97 Å². The fraction of sp³-hybridized carbons (Fsp3) is 0.333. The van der Waals surface area contributed by atoms with E-state index in [1.165, 1.54) is 0 Å². The maximum absolute atomic E-state index is 12.1. The molecule has 2 aromatic heterocycles. The molecule has 0 unspecified atom stereocenters. The molecule has 1 aromatic carbocycles. The summed E-state index contributed by atoms with van der Waals surface area (Å²) in [4.78, 5) is 28.0. The van der Waals surface area contributed by atoms with Gasteiger partial charge in [-0.2, -0.15) is 0 Å². The first kappa shape index (κ1) is 21.5. The number of rotatable bonds is 4. The van der Waals surface area contributed by atoms with Crippen LogP contribution in [0.2, 0.25) is 0 Å². The van der Waals surface area contributed by atoms with Crippen molar-refractivity contribution in [2.24, 2.45) is 0 Å². The normalized spacial score (nSPS) is 20.0. The predicted octanol–water partition coefficient (Wildman–Crippen LogP) is 2.61. The lowest BCUT2D eigenvalue weighted by Gasteiger charge is -2.37. The van der Waals surface area contributed by atoms with Crippen molar-refractivity contribution in [3.63, 3.8) is 0 Å². The van der Waals surface area contributed by atoms with Gasteiger partial charge < -0.3 is 19.9 Å². The van der Waals surface area contributed by atoms with Gasteiger partial charge in [0.25, 0.3) is 0 Å². The Hall–Kier alpha value is -3.30. The van der Waals surface area contributed by atoms with Crippen LogP contribution in [-0.4, -0.2) is 50.5 Å². The molecule has 2 N–H and O–H groups in total. The number of pyridine rings is 1. The van der Waals surface area contributed by atoms with Crippen molar-refractivity contribution in [3.05, 3.63) is 60.2 Å². The van der Waals surface area contributed by atoms with Crippen LogP contribution >= 0.6 is 0 Å². The third-order valence-electron chi connectivity index (χ3n) is 6.43. The Morgan fingerprint density at radius 1 is 1.24 bits per heavy atom. The number of anilines is 2. The van der Waals surface area contributed by atoms with Gasteiger partial charge in [-0.1, -0.05) is 6.07 Å². The van der Waals surface area contributed by atoms with Crippen LogP contribution in [0.5, 0.6) is 0 Å². The fourth-order valence-electron chi connectivity index (χ4n) is 4.57. The van der Waals surface area contributed by atoms with E-state index in [-0.39, 0.29) is 17.9 Å². The number of nitrogens with one attached hydrogen (secondary N) is 1. The molecule has 3 aromatic rings. The van der Waals surface area contributed by atoms with Gasteiger partial charge in [0.15, 0.2) is 0 Å². The van der Waals surface area contributed by atoms with E-state index in [2.05, 4.69) is 17.2 Å². The smallest absolute Gasteiger partial charge is 0.423 e. The molecule has 2 aliphatic heterocycles. The van der Waals surface area contributed by atoms with Gasteiger partial charge in [0.1, 0.15) is 11.6 Å². The molecule has 8 nitrogen and oxygen atoms in total. The number of aromatic nitrogens is 3. The Balaban J connectivity index is 1.50. The van der Waals surface area contributed by atoms with E-state index in [0.29, 0.717) is 24.8 Å². The first-order valence-corrected chi connectivity index (χ1v) is 11.2. The molecule has 9 heteroatoms. The molecule has 4 heterocycles. The number of fused-ring (bicyclic) bond motifs is 1. The second-order valence-electron chi connectivity index (χ2n) is 8.73. The first-order chi connectivity index (χ1) is 16.0. The van der Waals surface area contributed by atoms with E-state index >= 15 is 0 Å². The van der Waals surface area contributed by atoms with Crippen LogP contribution in [0, 0.1) is 0 Å². The van der Waals surface area contributed by atoms with Gasteiger partial charge in [0.2, 0.25) is 5.91 Å². The molecule has 0 spiro atoms. The van der Waals surface area contributed by atoms with Gasteiger partial charge in [-0.3, -0.25) is 9.78 Å². The summed E-state index contributed by atoms with van der Waals surface area (Å²) < 4.78 is 5.30. The maximum atomic E-state index is 12.1. The minimum atomic E-state index is -0.907. The Kier molecular flexibility index (Phi) is 5.82. The molecule has 2 aliphatic rings. The largest absolute Gasteiger partial charge is 0.491 e. The van der Waals surface area contributed by atoms with Crippen LogP contribution in [0.3, 0.4) is 0 Å². The van der Waals surface area contributed by atoms with Crippen LogP contribution in [-0.2, 0) is 16.1 Å². The monoisotopic (exact) mass is 443 g/mol. The zero-order chi connectivity index (χ0) is 22.9. The Morgan fingerprint density at radius 3 is 2.91 bits per heavy atom. The zero-order valence-corrected chi connectivity index (χ0v) is 18.7. The number of amides is 1. The van der Waals surface area contributed by atoms with Crippen LogP contribution in [0.4, 0.5) is 11.5 Å². The Bertz CT molecular complexity index is 1180.